The van der Waals surface area contributed by atoms with E-state index in [4.69, 9.17) is 15.7 Å². The number of aryl methyl sites for hydroxylation is 1. The van der Waals surface area contributed by atoms with Crippen LogP contribution in [0.1, 0.15) is 5.56 Å². The van der Waals surface area contributed by atoms with E-state index in [1.165, 1.54) is 19.1 Å². The molecule has 21 heavy (non-hydrogen) atoms. The lowest BCUT2D eigenvalue weighted by Gasteiger charge is -2.19. The van der Waals surface area contributed by atoms with Crippen molar-refractivity contribution in [3.63, 3.8) is 0 Å². The van der Waals surface area contributed by atoms with E-state index in [1.54, 1.807) is 0 Å². The van der Waals surface area contributed by atoms with Gasteiger partial charge in [-0.25, -0.2) is 0 Å². The predicted octanol–water partition coefficient (Wildman–Crippen LogP) is 2.21. The molecule has 0 radical (unpaired) electrons. The zero-order valence-corrected chi connectivity index (χ0v) is 10.8. The van der Waals surface area contributed by atoms with Crippen LogP contribution in [0.2, 0.25) is 0 Å². The zero-order valence-electron chi connectivity index (χ0n) is 10.8. The quantitative estimate of drug-likeness (QED) is 0.285. The lowest BCUT2D eigenvalue weighted by molar-refractivity contribution is -0.385. The molecule has 7 nitrogen and oxygen atoms in total. The van der Waals surface area contributed by atoms with Gasteiger partial charge >= 0.3 is 6.18 Å². The van der Waals surface area contributed by atoms with Crippen molar-refractivity contribution in [1.82, 2.24) is 0 Å². The normalized spacial score (nSPS) is 13.8. The van der Waals surface area contributed by atoms with E-state index in [-0.39, 0.29) is 11.4 Å². The van der Waals surface area contributed by atoms with Gasteiger partial charge in [0.05, 0.1) is 11.0 Å². The van der Waals surface area contributed by atoms with Crippen molar-refractivity contribution in [2.24, 2.45) is 16.8 Å². The summed E-state index contributed by atoms with van der Waals surface area (Å²) in [6.07, 6.45) is -4.77. The van der Waals surface area contributed by atoms with E-state index in [0.717, 1.165) is 6.07 Å². The smallest absolute Gasteiger partial charge is 0.402 e. The van der Waals surface area contributed by atoms with Gasteiger partial charge in [0.15, 0.2) is 5.84 Å². The molecule has 0 spiro atoms. The molecule has 0 bridgehead atoms. The maximum atomic E-state index is 12.7. The molecular formula is C11H12F3N3O4. The summed E-state index contributed by atoms with van der Waals surface area (Å²) in [4.78, 5) is 9.92. The highest BCUT2D eigenvalue weighted by molar-refractivity contribution is 5.83. The van der Waals surface area contributed by atoms with Crippen LogP contribution in [-0.4, -0.2) is 28.7 Å². The van der Waals surface area contributed by atoms with Crippen molar-refractivity contribution in [2.45, 2.75) is 13.1 Å². The summed E-state index contributed by atoms with van der Waals surface area (Å²) >= 11 is 0. The molecule has 0 saturated carbocycles. The predicted molar refractivity (Wildman–Crippen MR) is 66.3 cm³/mol. The Morgan fingerprint density at radius 1 is 1.57 bits per heavy atom. The number of benzene rings is 1. The second-order valence-corrected chi connectivity index (χ2v) is 4.14. The maximum absolute atomic E-state index is 12.7. The Morgan fingerprint density at radius 3 is 2.67 bits per heavy atom. The average molecular weight is 307 g/mol. The van der Waals surface area contributed by atoms with Crippen LogP contribution in [0.15, 0.2) is 23.4 Å². The standard InChI is InChI=1S/C11H12F3N3O4/c1-6-2-3-7(17(19)20)4-9(6)21-5-8(10(15)16-18)11(12,13)14/h2-4,8,18H,5H2,1H3,(H2,15,16). The number of nitro groups is 1. The van der Waals surface area contributed by atoms with Gasteiger partial charge in [-0.15, -0.1) is 0 Å². The fourth-order valence-electron chi connectivity index (χ4n) is 1.45. The van der Waals surface area contributed by atoms with E-state index in [9.17, 15) is 23.3 Å². The molecule has 0 saturated heterocycles. The number of hydrogen-bond donors (Lipinski definition) is 2. The van der Waals surface area contributed by atoms with Crippen LogP contribution in [0.3, 0.4) is 0 Å². The van der Waals surface area contributed by atoms with Crippen LogP contribution in [0.25, 0.3) is 0 Å². The summed E-state index contributed by atoms with van der Waals surface area (Å²) in [6, 6.07) is 3.56. The largest absolute Gasteiger partial charge is 0.492 e. The second-order valence-electron chi connectivity index (χ2n) is 4.14. The number of nitro benzene ring substituents is 1. The third-order valence-electron chi connectivity index (χ3n) is 2.66. The highest BCUT2D eigenvalue weighted by atomic mass is 19.4. The Bertz CT molecular complexity index is 560. The van der Waals surface area contributed by atoms with Gasteiger partial charge < -0.3 is 15.7 Å². The number of oxime groups is 1. The second kappa shape index (κ2) is 6.29. The Hall–Kier alpha value is -2.52. The Morgan fingerprint density at radius 2 is 2.19 bits per heavy atom. The van der Waals surface area contributed by atoms with Crippen molar-refractivity contribution in [1.29, 1.82) is 0 Å². The molecular weight excluding hydrogens is 295 g/mol. The summed E-state index contributed by atoms with van der Waals surface area (Å²) < 4.78 is 43.1. The highest BCUT2D eigenvalue weighted by Crippen LogP contribution is 2.29. The first kappa shape index (κ1) is 16.5. The molecule has 3 N–H and O–H groups in total. The van der Waals surface area contributed by atoms with Gasteiger partial charge in [-0.2, -0.15) is 13.2 Å². The molecule has 1 aromatic carbocycles. The van der Waals surface area contributed by atoms with Crippen LogP contribution >= 0.6 is 0 Å². The van der Waals surface area contributed by atoms with E-state index >= 15 is 0 Å². The third-order valence-corrected chi connectivity index (χ3v) is 2.66. The number of non-ortho nitro benzene ring substituents is 1. The molecule has 0 aromatic heterocycles. The average Bonchev–Trinajstić information content (AvgIpc) is 2.38. The molecule has 1 unspecified atom stereocenters. The number of halogens is 3. The number of nitrogens with zero attached hydrogens (tertiary/aromatic N) is 2. The van der Waals surface area contributed by atoms with Gasteiger partial charge in [0, 0.05) is 6.07 Å². The molecule has 0 amide bonds. The SMILES string of the molecule is Cc1ccc([N+](=O)[O-])cc1OCC(/C(N)=N/O)C(F)(F)F. The summed E-state index contributed by atoms with van der Waals surface area (Å²) in [7, 11) is 0. The monoisotopic (exact) mass is 307 g/mol. The molecule has 0 aliphatic heterocycles. The van der Waals surface area contributed by atoms with E-state index in [0.29, 0.717) is 5.56 Å². The number of hydrogen-bond acceptors (Lipinski definition) is 5. The number of rotatable bonds is 5. The molecule has 1 atom stereocenters. The Labute approximate surface area is 117 Å². The molecule has 0 aliphatic rings. The summed E-state index contributed by atoms with van der Waals surface area (Å²) in [5.41, 5.74) is 5.08. The molecule has 116 valence electrons. The lowest BCUT2D eigenvalue weighted by atomic mass is 10.1. The summed E-state index contributed by atoms with van der Waals surface area (Å²) in [5, 5.41) is 21.3. The summed E-state index contributed by atoms with van der Waals surface area (Å²) in [5.74, 6) is -3.45. The number of nitrogens with two attached hydrogens (primary N) is 1. The minimum atomic E-state index is -4.77. The van der Waals surface area contributed by atoms with E-state index in [1.807, 2.05) is 0 Å². The van der Waals surface area contributed by atoms with Gasteiger partial charge in [-0.05, 0) is 18.6 Å². The van der Waals surface area contributed by atoms with Crippen molar-refractivity contribution >= 4 is 11.5 Å². The van der Waals surface area contributed by atoms with Crippen LogP contribution in [0.4, 0.5) is 18.9 Å². The number of amidine groups is 1. The molecule has 10 heteroatoms. The van der Waals surface area contributed by atoms with Gasteiger partial charge in [0.1, 0.15) is 18.3 Å². The first-order valence-electron chi connectivity index (χ1n) is 5.58. The number of ether oxygens (including phenoxy) is 1. The molecule has 0 fully saturated rings. The van der Waals surface area contributed by atoms with Crippen molar-refractivity contribution in [3.05, 3.63) is 33.9 Å². The molecule has 1 rings (SSSR count). The molecule has 0 aliphatic carbocycles. The summed E-state index contributed by atoms with van der Waals surface area (Å²) in [6.45, 7) is 0.562. The molecule has 0 heterocycles. The van der Waals surface area contributed by atoms with E-state index in [2.05, 4.69) is 5.16 Å². The van der Waals surface area contributed by atoms with E-state index < -0.39 is 29.5 Å². The fourth-order valence-corrected chi connectivity index (χ4v) is 1.45. The highest BCUT2D eigenvalue weighted by Gasteiger charge is 2.43. The minimum Gasteiger partial charge on any atom is -0.492 e. The van der Waals surface area contributed by atoms with Crippen LogP contribution in [0, 0.1) is 23.0 Å². The molecule has 1 aromatic rings. The van der Waals surface area contributed by atoms with Crippen molar-refractivity contribution < 1.29 is 28.0 Å². The maximum Gasteiger partial charge on any atom is 0.402 e. The van der Waals surface area contributed by atoms with Crippen molar-refractivity contribution in [2.75, 3.05) is 6.61 Å². The third kappa shape index (κ3) is 4.23. The van der Waals surface area contributed by atoms with Gasteiger partial charge in [-0.3, -0.25) is 10.1 Å². The lowest BCUT2D eigenvalue weighted by Crippen LogP contribution is -2.40. The Kier molecular flexibility index (Phi) is 4.95. The number of alkyl halides is 3. The first-order valence-corrected chi connectivity index (χ1v) is 5.58. The van der Waals surface area contributed by atoms with Gasteiger partial charge in [0.2, 0.25) is 0 Å². The first-order chi connectivity index (χ1) is 9.66. The zero-order chi connectivity index (χ0) is 16.2. The van der Waals surface area contributed by atoms with Gasteiger partial charge in [-0.1, -0.05) is 5.16 Å². The van der Waals surface area contributed by atoms with Crippen LogP contribution in [-0.2, 0) is 0 Å². The van der Waals surface area contributed by atoms with Crippen LogP contribution < -0.4 is 10.5 Å². The van der Waals surface area contributed by atoms with Crippen LogP contribution in [0.5, 0.6) is 5.75 Å². The van der Waals surface area contributed by atoms with Gasteiger partial charge in [0.25, 0.3) is 5.69 Å². The topological polar surface area (TPSA) is 111 Å². The minimum absolute atomic E-state index is 0.0795. The Balaban J connectivity index is 2.95. The fraction of sp³-hybridized carbons (Fsp3) is 0.364. The van der Waals surface area contributed by atoms with Crippen molar-refractivity contribution in [3.8, 4) is 5.75 Å².